The molecule has 1 N–H and O–H groups in total. The number of aryl methyl sites for hydroxylation is 2. The van der Waals surface area contributed by atoms with Crippen molar-refractivity contribution in [2.45, 2.75) is 58.7 Å². The molecule has 234 valence electrons. The number of fused-ring (bicyclic) bond motifs is 1. The molecule has 6 rings (SSSR count). The van der Waals surface area contributed by atoms with Crippen LogP contribution < -0.4 is 15.1 Å². The molecule has 0 unspecified atom stereocenters. The standard InChI is InChI=1S/C36H43N7O2/c1-24-17-29(18-25(2)39-24)41(5)32-21-38-34(20-30(32)26-11-14-37-33(19-26)36(3,4)45-6)42-15-12-28(13-16-42)43-22-27-9-7-8-10-31(27)40-35(44)23-43/h7-11,14,17-21,28H,12-13,15-16,22-23H2,1-6H3,(H,40,44). The summed E-state index contributed by atoms with van der Waals surface area (Å²) in [5, 5.41) is 3.08. The lowest BCUT2D eigenvalue weighted by atomic mass is 9.98. The van der Waals surface area contributed by atoms with E-state index in [1.807, 2.05) is 58.3 Å². The fourth-order valence-corrected chi connectivity index (χ4v) is 6.43. The van der Waals surface area contributed by atoms with E-state index >= 15 is 0 Å². The zero-order valence-electron chi connectivity index (χ0n) is 27.2. The first-order chi connectivity index (χ1) is 21.6. The maximum atomic E-state index is 12.7. The maximum Gasteiger partial charge on any atom is 0.238 e. The number of hydrogen-bond donors (Lipinski definition) is 1. The molecular formula is C36H43N7O2. The quantitative estimate of drug-likeness (QED) is 0.266. The molecule has 0 spiro atoms. The Morgan fingerprint density at radius 2 is 1.71 bits per heavy atom. The van der Waals surface area contributed by atoms with Crippen LogP contribution in [-0.2, 0) is 21.7 Å². The molecule has 9 heteroatoms. The van der Waals surface area contributed by atoms with Crippen LogP contribution in [0.25, 0.3) is 11.1 Å². The smallest absolute Gasteiger partial charge is 0.238 e. The number of anilines is 4. The summed E-state index contributed by atoms with van der Waals surface area (Å²) in [5.41, 5.74) is 8.59. The number of ether oxygens (including phenoxy) is 1. The number of carbonyl (C=O) groups is 1. The van der Waals surface area contributed by atoms with Crippen molar-refractivity contribution >= 4 is 28.8 Å². The van der Waals surface area contributed by atoms with Crippen LogP contribution in [0.2, 0.25) is 0 Å². The number of para-hydroxylation sites is 1. The molecule has 0 radical (unpaired) electrons. The van der Waals surface area contributed by atoms with Crippen molar-refractivity contribution in [2.24, 2.45) is 0 Å². The number of benzene rings is 1. The van der Waals surface area contributed by atoms with Crippen molar-refractivity contribution in [1.82, 2.24) is 19.9 Å². The van der Waals surface area contributed by atoms with E-state index < -0.39 is 5.60 Å². The molecule has 0 bridgehead atoms. The van der Waals surface area contributed by atoms with Gasteiger partial charge in [0, 0.05) is 74.4 Å². The highest BCUT2D eigenvalue weighted by Gasteiger charge is 2.30. The Morgan fingerprint density at radius 3 is 2.44 bits per heavy atom. The molecule has 0 atom stereocenters. The van der Waals surface area contributed by atoms with E-state index in [0.29, 0.717) is 12.6 Å². The van der Waals surface area contributed by atoms with Gasteiger partial charge in [0.1, 0.15) is 11.4 Å². The largest absolute Gasteiger partial charge is 0.373 e. The number of piperidine rings is 1. The van der Waals surface area contributed by atoms with E-state index in [2.05, 4.69) is 73.4 Å². The fourth-order valence-electron chi connectivity index (χ4n) is 6.43. The highest BCUT2D eigenvalue weighted by Crippen LogP contribution is 2.38. The number of amides is 1. The van der Waals surface area contributed by atoms with Gasteiger partial charge in [-0.1, -0.05) is 18.2 Å². The molecule has 2 aliphatic rings. The van der Waals surface area contributed by atoms with Crippen molar-refractivity contribution in [3.63, 3.8) is 0 Å². The third-order valence-corrected chi connectivity index (χ3v) is 9.20. The van der Waals surface area contributed by atoms with Crippen LogP contribution in [-0.4, -0.2) is 65.6 Å². The van der Waals surface area contributed by atoms with Gasteiger partial charge in [-0.2, -0.15) is 0 Å². The zero-order chi connectivity index (χ0) is 31.7. The van der Waals surface area contributed by atoms with Crippen LogP contribution in [0, 0.1) is 13.8 Å². The van der Waals surface area contributed by atoms with Gasteiger partial charge in [-0.05, 0) is 88.1 Å². The highest BCUT2D eigenvalue weighted by atomic mass is 16.5. The van der Waals surface area contributed by atoms with Crippen molar-refractivity contribution in [1.29, 1.82) is 0 Å². The van der Waals surface area contributed by atoms with Gasteiger partial charge < -0.3 is 19.9 Å². The number of methoxy groups -OCH3 is 1. The molecule has 0 saturated carbocycles. The first-order valence-electron chi connectivity index (χ1n) is 15.7. The van der Waals surface area contributed by atoms with Crippen molar-refractivity contribution < 1.29 is 9.53 Å². The average Bonchev–Trinajstić information content (AvgIpc) is 3.22. The summed E-state index contributed by atoms with van der Waals surface area (Å²) in [5.74, 6) is 1.01. The molecular weight excluding hydrogens is 562 g/mol. The SMILES string of the molecule is COC(C)(C)c1cc(-c2cc(N3CCC(N4CC(=O)Nc5ccccc5C4)CC3)ncc2N(C)c2cc(C)nc(C)c2)ccn1. The topological polar surface area (TPSA) is 86.7 Å². The number of nitrogens with one attached hydrogen (secondary N) is 1. The number of nitrogens with zero attached hydrogens (tertiary/aromatic N) is 6. The van der Waals surface area contributed by atoms with E-state index in [9.17, 15) is 4.79 Å². The first-order valence-corrected chi connectivity index (χ1v) is 15.7. The molecule has 1 saturated heterocycles. The number of aromatic nitrogens is 3. The molecule has 1 amide bonds. The normalized spacial score (nSPS) is 16.2. The molecule has 1 aromatic carbocycles. The summed E-state index contributed by atoms with van der Waals surface area (Å²) in [7, 11) is 3.79. The van der Waals surface area contributed by atoms with Gasteiger partial charge in [-0.3, -0.25) is 19.7 Å². The molecule has 45 heavy (non-hydrogen) atoms. The molecule has 5 heterocycles. The van der Waals surface area contributed by atoms with Crippen LogP contribution in [0.3, 0.4) is 0 Å². The summed E-state index contributed by atoms with van der Waals surface area (Å²) < 4.78 is 5.77. The lowest BCUT2D eigenvalue weighted by Crippen LogP contribution is -2.46. The molecule has 2 aliphatic heterocycles. The molecule has 4 aromatic rings. The highest BCUT2D eigenvalue weighted by molar-refractivity contribution is 5.93. The second-order valence-electron chi connectivity index (χ2n) is 12.7. The Hall–Kier alpha value is -4.34. The van der Waals surface area contributed by atoms with Crippen LogP contribution >= 0.6 is 0 Å². The first kappa shape index (κ1) is 30.7. The Kier molecular flexibility index (Phi) is 8.57. The predicted molar refractivity (Wildman–Crippen MR) is 180 cm³/mol. The van der Waals surface area contributed by atoms with Crippen LogP contribution in [0.4, 0.5) is 22.9 Å². The monoisotopic (exact) mass is 605 g/mol. The minimum atomic E-state index is -0.524. The average molecular weight is 606 g/mol. The van der Waals surface area contributed by atoms with Gasteiger partial charge in [0.05, 0.1) is 24.1 Å². The lowest BCUT2D eigenvalue weighted by molar-refractivity contribution is -0.117. The van der Waals surface area contributed by atoms with Crippen LogP contribution in [0.5, 0.6) is 0 Å². The van der Waals surface area contributed by atoms with Gasteiger partial charge in [0.2, 0.25) is 5.91 Å². The van der Waals surface area contributed by atoms with Crippen molar-refractivity contribution in [3.8, 4) is 11.1 Å². The van der Waals surface area contributed by atoms with E-state index in [4.69, 9.17) is 9.72 Å². The summed E-state index contributed by atoms with van der Waals surface area (Å²) in [6.07, 6.45) is 5.77. The summed E-state index contributed by atoms with van der Waals surface area (Å²) in [6.45, 7) is 11.0. The summed E-state index contributed by atoms with van der Waals surface area (Å²) in [4.78, 5) is 33.8. The summed E-state index contributed by atoms with van der Waals surface area (Å²) >= 11 is 0. The Balaban J connectivity index is 1.29. The van der Waals surface area contributed by atoms with Crippen molar-refractivity contribution in [2.75, 3.05) is 48.9 Å². The summed E-state index contributed by atoms with van der Waals surface area (Å²) in [6, 6.07) is 19.0. The number of hydrogen-bond acceptors (Lipinski definition) is 8. The number of rotatable bonds is 7. The van der Waals surface area contributed by atoms with Gasteiger partial charge in [-0.15, -0.1) is 0 Å². The van der Waals surface area contributed by atoms with Gasteiger partial charge in [0.15, 0.2) is 0 Å². The van der Waals surface area contributed by atoms with Crippen LogP contribution in [0.15, 0.2) is 67.0 Å². The van der Waals surface area contributed by atoms with Gasteiger partial charge >= 0.3 is 0 Å². The molecule has 9 nitrogen and oxygen atoms in total. The second kappa shape index (κ2) is 12.6. The third-order valence-electron chi connectivity index (χ3n) is 9.20. The number of pyridine rings is 3. The third kappa shape index (κ3) is 6.55. The zero-order valence-corrected chi connectivity index (χ0v) is 27.2. The minimum Gasteiger partial charge on any atom is -0.373 e. The van der Waals surface area contributed by atoms with Crippen LogP contribution in [0.1, 0.15) is 49.3 Å². The number of carbonyl (C=O) groups excluding carboxylic acids is 1. The molecule has 1 fully saturated rings. The Morgan fingerprint density at radius 1 is 0.978 bits per heavy atom. The van der Waals surface area contributed by atoms with Gasteiger partial charge in [0.25, 0.3) is 0 Å². The Labute approximate surface area is 266 Å². The van der Waals surface area contributed by atoms with E-state index in [1.165, 1.54) is 5.56 Å². The van der Waals surface area contributed by atoms with Gasteiger partial charge in [-0.25, -0.2) is 4.98 Å². The second-order valence-corrected chi connectivity index (χ2v) is 12.7. The Bertz CT molecular complexity index is 1680. The molecule has 0 aliphatic carbocycles. The lowest BCUT2D eigenvalue weighted by Gasteiger charge is -2.38. The minimum absolute atomic E-state index is 0.0568. The molecule has 3 aromatic heterocycles. The van der Waals surface area contributed by atoms with E-state index in [-0.39, 0.29) is 5.91 Å². The van der Waals surface area contributed by atoms with Crippen molar-refractivity contribution in [3.05, 3.63) is 89.6 Å². The van der Waals surface area contributed by atoms with E-state index in [1.54, 1.807) is 7.11 Å². The fraction of sp³-hybridized carbons (Fsp3) is 0.389. The maximum absolute atomic E-state index is 12.7. The predicted octanol–water partition coefficient (Wildman–Crippen LogP) is 6.23. The van der Waals surface area contributed by atoms with E-state index in [0.717, 1.165) is 83.6 Å².